The molecule has 1 aromatic carbocycles. The molecule has 0 spiro atoms. The molecule has 0 radical (unpaired) electrons. The van der Waals surface area contributed by atoms with Gasteiger partial charge in [-0.3, -0.25) is 0 Å². The maximum absolute atomic E-state index is 10.4. The first kappa shape index (κ1) is 18.4. The number of aliphatic hydroxyl groups excluding tert-OH is 1. The van der Waals surface area contributed by atoms with E-state index in [4.69, 9.17) is 4.42 Å². The van der Waals surface area contributed by atoms with Crippen LogP contribution in [0.5, 0.6) is 0 Å². The molecule has 28 heavy (non-hydrogen) atoms. The fourth-order valence-electron chi connectivity index (χ4n) is 3.49. The smallest absolute Gasteiger partial charge is 0.225 e. The number of hydrogen-bond donors (Lipinski definition) is 1. The van der Waals surface area contributed by atoms with Crippen LogP contribution in [-0.2, 0) is 13.5 Å². The number of aryl methyl sites for hydroxylation is 2. The third-order valence-electron chi connectivity index (χ3n) is 5.07. The van der Waals surface area contributed by atoms with E-state index in [0.717, 1.165) is 36.9 Å². The zero-order valence-corrected chi connectivity index (χ0v) is 16.1. The lowest BCUT2D eigenvalue weighted by Gasteiger charge is -2.06. The molecule has 1 unspecified atom stereocenters. The van der Waals surface area contributed by atoms with Crippen molar-refractivity contribution in [2.45, 2.75) is 38.2 Å². The van der Waals surface area contributed by atoms with E-state index in [9.17, 15) is 5.11 Å². The Hall–Kier alpha value is -2.92. The number of rotatable bonds is 8. The molecule has 3 heterocycles. The normalized spacial score (nSPS) is 12.5. The molecule has 0 saturated heterocycles. The molecule has 1 N–H and O–H groups in total. The molecule has 4 rings (SSSR count). The monoisotopic (exact) mass is 375 g/mol. The highest BCUT2D eigenvalue weighted by Crippen LogP contribution is 2.27. The Morgan fingerprint density at radius 2 is 1.93 bits per heavy atom. The SMILES string of the molecule is Cn1cccc1-c1cnc2nc(C(O)CCCCCc3ccccc3)oc2c1. The van der Waals surface area contributed by atoms with E-state index in [0.29, 0.717) is 23.5 Å². The summed E-state index contributed by atoms with van der Waals surface area (Å²) in [5, 5.41) is 10.4. The van der Waals surface area contributed by atoms with Crippen molar-refractivity contribution in [3.63, 3.8) is 0 Å². The van der Waals surface area contributed by atoms with Gasteiger partial charge in [0.05, 0.1) is 0 Å². The van der Waals surface area contributed by atoms with Crippen LogP contribution in [0.3, 0.4) is 0 Å². The van der Waals surface area contributed by atoms with E-state index in [1.807, 2.05) is 42.1 Å². The van der Waals surface area contributed by atoms with Crippen LogP contribution in [-0.4, -0.2) is 19.6 Å². The van der Waals surface area contributed by atoms with Gasteiger partial charge in [0.15, 0.2) is 11.2 Å². The summed E-state index contributed by atoms with van der Waals surface area (Å²) < 4.78 is 7.83. The van der Waals surface area contributed by atoms with Gasteiger partial charge in [-0.2, -0.15) is 4.98 Å². The minimum atomic E-state index is -0.690. The number of hydrogen-bond acceptors (Lipinski definition) is 4. The van der Waals surface area contributed by atoms with E-state index < -0.39 is 6.10 Å². The predicted octanol–water partition coefficient (Wildman–Crippen LogP) is 5.06. The summed E-state index contributed by atoms with van der Waals surface area (Å²) in [6.45, 7) is 0. The van der Waals surface area contributed by atoms with Crippen molar-refractivity contribution in [2.24, 2.45) is 7.05 Å². The van der Waals surface area contributed by atoms with E-state index in [2.05, 4.69) is 34.2 Å². The Kier molecular flexibility index (Phi) is 5.53. The standard InChI is InChI=1S/C23H25N3O2/c1-26-14-8-12-19(26)18-15-21-22(24-16-18)25-23(28-21)20(27)13-7-3-6-11-17-9-4-2-5-10-17/h2,4-5,8-10,12,14-16,20,27H,3,6-7,11,13H2,1H3. The number of nitrogens with zero attached hydrogens (tertiary/aromatic N) is 3. The fraction of sp³-hybridized carbons (Fsp3) is 0.304. The highest BCUT2D eigenvalue weighted by atomic mass is 16.4. The maximum Gasteiger partial charge on any atom is 0.225 e. The van der Waals surface area contributed by atoms with Crippen LogP contribution in [0.1, 0.15) is 43.2 Å². The largest absolute Gasteiger partial charge is 0.436 e. The zero-order valence-electron chi connectivity index (χ0n) is 16.1. The number of pyridine rings is 1. The Morgan fingerprint density at radius 3 is 2.71 bits per heavy atom. The van der Waals surface area contributed by atoms with Gasteiger partial charge in [-0.15, -0.1) is 0 Å². The van der Waals surface area contributed by atoms with Crippen LogP contribution in [0, 0.1) is 0 Å². The molecule has 5 nitrogen and oxygen atoms in total. The van der Waals surface area contributed by atoms with Crippen molar-refractivity contribution in [1.29, 1.82) is 0 Å². The minimum Gasteiger partial charge on any atom is -0.436 e. The van der Waals surface area contributed by atoms with Crippen molar-refractivity contribution in [2.75, 3.05) is 0 Å². The summed E-state index contributed by atoms with van der Waals surface area (Å²) in [4.78, 5) is 8.76. The molecule has 0 aliphatic carbocycles. The number of aromatic nitrogens is 3. The molecular formula is C23H25N3O2. The Bertz CT molecular complexity index is 1040. The summed E-state index contributed by atoms with van der Waals surface area (Å²) in [6, 6.07) is 16.5. The quantitative estimate of drug-likeness (QED) is 0.437. The van der Waals surface area contributed by atoms with Crippen molar-refractivity contribution in [3.8, 4) is 11.3 Å². The molecule has 0 fully saturated rings. The molecule has 0 aliphatic heterocycles. The number of unbranched alkanes of at least 4 members (excludes halogenated alkanes) is 2. The fourth-order valence-corrected chi connectivity index (χ4v) is 3.49. The zero-order chi connectivity index (χ0) is 19.3. The van der Waals surface area contributed by atoms with Crippen molar-refractivity contribution in [3.05, 3.63) is 72.4 Å². The van der Waals surface area contributed by atoms with Crippen LogP contribution in [0.2, 0.25) is 0 Å². The van der Waals surface area contributed by atoms with Gasteiger partial charge in [-0.1, -0.05) is 43.2 Å². The van der Waals surface area contributed by atoms with Gasteiger partial charge in [-0.05, 0) is 43.0 Å². The van der Waals surface area contributed by atoms with Crippen molar-refractivity contribution < 1.29 is 9.52 Å². The van der Waals surface area contributed by atoms with Gasteiger partial charge in [0.25, 0.3) is 0 Å². The van der Waals surface area contributed by atoms with Crippen molar-refractivity contribution >= 4 is 11.2 Å². The van der Waals surface area contributed by atoms with E-state index in [1.54, 1.807) is 6.20 Å². The van der Waals surface area contributed by atoms with Crippen LogP contribution >= 0.6 is 0 Å². The lowest BCUT2D eigenvalue weighted by molar-refractivity contribution is 0.133. The Balaban J connectivity index is 1.34. The third-order valence-corrected chi connectivity index (χ3v) is 5.07. The van der Waals surface area contributed by atoms with Gasteiger partial charge < -0.3 is 14.1 Å². The topological polar surface area (TPSA) is 64.1 Å². The molecule has 144 valence electrons. The molecule has 5 heteroatoms. The van der Waals surface area contributed by atoms with Crippen LogP contribution in [0.25, 0.3) is 22.5 Å². The summed E-state index contributed by atoms with van der Waals surface area (Å²) in [6.07, 6.45) is 7.94. The Morgan fingerprint density at radius 1 is 1.07 bits per heavy atom. The average molecular weight is 375 g/mol. The first-order valence-electron chi connectivity index (χ1n) is 9.81. The molecule has 3 aromatic heterocycles. The number of oxazole rings is 1. The molecule has 4 aromatic rings. The predicted molar refractivity (Wildman–Crippen MR) is 110 cm³/mol. The summed E-state index contributed by atoms with van der Waals surface area (Å²) in [7, 11) is 1.99. The summed E-state index contributed by atoms with van der Waals surface area (Å²) >= 11 is 0. The van der Waals surface area contributed by atoms with E-state index in [-0.39, 0.29) is 0 Å². The first-order chi connectivity index (χ1) is 13.7. The molecule has 0 saturated carbocycles. The first-order valence-corrected chi connectivity index (χ1v) is 9.81. The van der Waals surface area contributed by atoms with Crippen LogP contribution < -0.4 is 0 Å². The molecule has 0 amide bonds. The van der Waals surface area contributed by atoms with Gasteiger partial charge in [0.1, 0.15) is 6.10 Å². The molecular weight excluding hydrogens is 350 g/mol. The van der Waals surface area contributed by atoms with Gasteiger partial charge in [0, 0.05) is 30.7 Å². The second kappa shape index (κ2) is 8.40. The molecule has 1 atom stereocenters. The van der Waals surface area contributed by atoms with Gasteiger partial charge in [-0.25, -0.2) is 4.98 Å². The Labute approximate surface area is 164 Å². The number of fused-ring (bicyclic) bond motifs is 1. The average Bonchev–Trinajstić information content (AvgIpc) is 3.33. The second-order valence-corrected chi connectivity index (χ2v) is 7.20. The lowest BCUT2D eigenvalue weighted by atomic mass is 10.0. The molecule has 0 aliphatic rings. The summed E-state index contributed by atoms with van der Waals surface area (Å²) in [5.41, 5.74) is 4.54. The lowest BCUT2D eigenvalue weighted by Crippen LogP contribution is -1.98. The second-order valence-electron chi connectivity index (χ2n) is 7.20. The van der Waals surface area contributed by atoms with Crippen LogP contribution in [0.15, 0.2) is 65.3 Å². The third kappa shape index (κ3) is 4.15. The van der Waals surface area contributed by atoms with Gasteiger partial charge in [0.2, 0.25) is 5.89 Å². The van der Waals surface area contributed by atoms with E-state index >= 15 is 0 Å². The summed E-state index contributed by atoms with van der Waals surface area (Å²) in [5.74, 6) is 0.356. The highest BCUT2D eigenvalue weighted by molar-refractivity contribution is 5.75. The van der Waals surface area contributed by atoms with Gasteiger partial charge >= 0.3 is 0 Å². The highest BCUT2D eigenvalue weighted by Gasteiger charge is 2.16. The maximum atomic E-state index is 10.4. The number of benzene rings is 1. The molecule has 0 bridgehead atoms. The van der Waals surface area contributed by atoms with Crippen molar-refractivity contribution in [1.82, 2.24) is 14.5 Å². The number of aliphatic hydroxyl groups is 1. The van der Waals surface area contributed by atoms with Crippen LogP contribution in [0.4, 0.5) is 0 Å². The van der Waals surface area contributed by atoms with E-state index in [1.165, 1.54) is 5.56 Å². The minimum absolute atomic E-state index is 0.356.